The quantitative estimate of drug-likeness (QED) is 0.851. The van der Waals surface area contributed by atoms with E-state index in [2.05, 4.69) is 23.1 Å². The molecule has 16 heavy (non-hydrogen) atoms. The molecular formula is C10H16N2O2S2. The third-order valence-electron chi connectivity index (χ3n) is 2.39. The zero-order valence-electron chi connectivity index (χ0n) is 9.64. The van der Waals surface area contributed by atoms with Crippen LogP contribution in [0.4, 0.5) is 5.13 Å². The van der Waals surface area contributed by atoms with Crippen LogP contribution in [-0.4, -0.2) is 41.2 Å². The van der Waals surface area contributed by atoms with Crippen molar-refractivity contribution in [2.75, 3.05) is 24.0 Å². The van der Waals surface area contributed by atoms with Gasteiger partial charge in [0.15, 0.2) is 10.8 Å². The number of anilines is 1. The molecule has 1 unspecified atom stereocenters. The molecule has 1 atom stereocenters. The van der Waals surface area contributed by atoms with E-state index in [4.69, 9.17) is 5.11 Å². The van der Waals surface area contributed by atoms with Gasteiger partial charge in [-0.1, -0.05) is 6.92 Å². The van der Waals surface area contributed by atoms with Gasteiger partial charge in [0.05, 0.1) is 0 Å². The number of hydrogen-bond donors (Lipinski definition) is 1. The predicted molar refractivity (Wildman–Crippen MR) is 69.9 cm³/mol. The van der Waals surface area contributed by atoms with Crippen molar-refractivity contribution in [3.8, 4) is 0 Å². The lowest BCUT2D eigenvalue weighted by Gasteiger charge is -2.25. The summed E-state index contributed by atoms with van der Waals surface area (Å²) in [7, 11) is 1.97. The molecule has 0 bridgehead atoms. The van der Waals surface area contributed by atoms with Gasteiger partial charge in [0.1, 0.15) is 0 Å². The summed E-state index contributed by atoms with van der Waals surface area (Å²) in [6, 6.07) is 0.405. The second kappa shape index (κ2) is 6.10. The first kappa shape index (κ1) is 13.3. The first-order valence-corrected chi connectivity index (χ1v) is 7.28. The molecule has 0 saturated carbocycles. The van der Waals surface area contributed by atoms with Gasteiger partial charge >= 0.3 is 5.97 Å². The first-order valence-electron chi connectivity index (χ1n) is 5.00. The topological polar surface area (TPSA) is 53.4 Å². The minimum atomic E-state index is -0.964. The Balaban J connectivity index is 2.77. The summed E-state index contributed by atoms with van der Waals surface area (Å²) in [5.41, 5.74) is 0.130. The maximum Gasteiger partial charge on any atom is 0.355 e. The third-order valence-corrected chi connectivity index (χ3v) is 4.04. The van der Waals surface area contributed by atoms with Crippen molar-refractivity contribution in [3.63, 3.8) is 0 Å². The summed E-state index contributed by atoms with van der Waals surface area (Å²) in [6.45, 7) is 2.13. The lowest BCUT2D eigenvalue weighted by Crippen LogP contribution is -2.33. The molecule has 1 aromatic heterocycles. The third kappa shape index (κ3) is 3.12. The molecule has 1 rings (SSSR count). The number of carboxylic acids is 1. The summed E-state index contributed by atoms with van der Waals surface area (Å²) < 4.78 is 0. The van der Waals surface area contributed by atoms with Gasteiger partial charge in [-0.3, -0.25) is 0 Å². The Hall–Kier alpha value is -0.750. The maximum atomic E-state index is 10.7. The van der Waals surface area contributed by atoms with Gasteiger partial charge in [-0.15, -0.1) is 11.3 Å². The number of aromatic carboxylic acids is 1. The molecule has 0 fully saturated rings. The van der Waals surface area contributed by atoms with E-state index in [1.165, 1.54) is 11.3 Å². The highest BCUT2D eigenvalue weighted by Crippen LogP contribution is 2.23. The second-order valence-electron chi connectivity index (χ2n) is 3.45. The van der Waals surface area contributed by atoms with E-state index in [-0.39, 0.29) is 5.69 Å². The van der Waals surface area contributed by atoms with E-state index >= 15 is 0 Å². The molecule has 1 heterocycles. The highest BCUT2D eigenvalue weighted by molar-refractivity contribution is 7.98. The number of thioether (sulfide) groups is 1. The number of carbonyl (C=O) groups is 1. The van der Waals surface area contributed by atoms with Crippen molar-refractivity contribution in [2.24, 2.45) is 0 Å². The molecule has 1 N–H and O–H groups in total. The highest BCUT2D eigenvalue weighted by atomic mass is 32.2. The van der Waals surface area contributed by atoms with Crippen LogP contribution in [0.3, 0.4) is 0 Å². The van der Waals surface area contributed by atoms with Crippen LogP contribution in [0.2, 0.25) is 0 Å². The van der Waals surface area contributed by atoms with Gasteiger partial charge in [-0.05, 0) is 12.7 Å². The van der Waals surface area contributed by atoms with Crippen LogP contribution in [0.5, 0.6) is 0 Å². The Labute approximate surface area is 104 Å². The van der Waals surface area contributed by atoms with Crippen molar-refractivity contribution < 1.29 is 9.90 Å². The molecule has 0 saturated heterocycles. The molecule has 1 aromatic rings. The van der Waals surface area contributed by atoms with Crippen molar-refractivity contribution in [1.82, 2.24) is 4.98 Å². The van der Waals surface area contributed by atoms with Crippen LogP contribution in [0.15, 0.2) is 5.38 Å². The Morgan fingerprint density at radius 1 is 1.75 bits per heavy atom. The first-order chi connectivity index (χ1) is 7.60. The van der Waals surface area contributed by atoms with Crippen molar-refractivity contribution >= 4 is 34.2 Å². The average molecular weight is 260 g/mol. The average Bonchev–Trinajstić information content (AvgIpc) is 2.74. The minimum Gasteiger partial charge on any atom is -0.476 e. The lowest BCUT2D eigenvalue weighted by molar-refractivity contribution is 0.0691. The van der Waals surface area contributed by atoms with Crippen LogP contribution in [0.25, 0.3) is 0 Å². The number of rotatable bonds is 6. The molecule has 6 heteroatoms. The molecule has 0 aliphatic rings. The molecule has 0 aliphatic carbocycles. The van der Waals surface area contributed by atoms with Crippen LogP contribution < -0.4 is 4.90 Å². The molecular weight excluding hydrogens is 244 g/mol. The molecule has 0 radical (unpaired) electrons. The molecule has 0 aromatic carbocycles. The van der Waals surface area contributed by atoms with Crippen LogP contribution >= 0.6 is 23.1 Å². The fourth-order valence-electron chi connectivity index (χ4n) is 1.38. The van der Waals surface area contributed by atoms with Crippen LogP contribution in [0, 0.1) is 0 Å². The van der Waals surface area contributed by atoms with Gasteiger partial charge < -0.3 is 10.0 Å². The number of carboxylic acid groups (broad SMARTS) is 1. The summed E-state index contributed by atoms with van der Waals surface area (Å²) in [4.78, 5) is 16.9. The summed E-state index contributed by atoms with van der Waals surface area (Å²) in [6.07, 6.45) is 3.10. The SMILES string of the molecule is CCC(CSC)N(C)c1nc(C(=O)O)cs1. The van der Waals surface area contributed by atoms with Gasteiger partial charge in [0, 0.05) is 24.2 Å². The molecule has 0 spiro atoms. The molecule has 0 aliphatic heterocycles. The van der Waals surface area contributed by atoms with E-state index in [0.29, 0.717) is 6.04 Å². The summed E-state index contributed by atoms with van der Waals surface area (Å²) >= 11 is 3.17. The number of hydrogen-bond acceptors (Lipinski definition) is 5. The van der Waals surface area contributed by atoms with Crippen LogP contribution in [-0.2, 0) is 0 Å². The Kier molecular flexibility index (Phi) is 5.08. The predicted octanol–water partition coefficient (Wildman–Crippen LogP) is 2.42. The van der Waals surface area contributed by atoms with E-state index in [0.717, 1.165) is 17.3 Å². The fraction of sp³-hybridized carbons (Fsp3) is 0.600. The second-order valence-corrected chi connectivity index (χ2v) is 5.20. The highest BCUT2D eigenvalue weighted by Gasteiger charge is 2.17. The van der Waals surface area contributed by atoms with E-state index in [1.54, 1.807) is 17.1 Å². The van der Waals surface area contributed by atoms with Crippen molar-refractivity contribution in [3.05, 3.63) is 11.1 Å². The maximum absolute atomic E-state index is 10.7. The Morgan fingerprint density at radius 2 is 2.44 bits per heavy atom. The summed E-state index contributed by atoms with van der Waals surface area (Å²) in [5.74, 6) is 0.0587. The standard InChI is InChI=1S/C10H16N2O2S2/c1-4-7(5-15-3)12(2)10-11-8(6-16-10)9(13)14/h6-7H,4-5H2,1-3H3,(H,13,14). The van der Waals surface area contributed by atoms with Gasteiger partial charge in [-0.2, -0.15) is 11.8 Å². The van der Waals surface area contributed by atoms with Crippen molar-refractivity contribution in [1.29, 1.82) is 0 Å². The van der Waals surface area contributed by atoms with E-state index in [1.807, 2.05) is 7.05 Å². The zero-order chi connectivity index (χ0) is 12.1. The van der Waals surface area contributed by atoms with Crippen LogP contribution in [0.1, 0.15) is 23.8 Å². The summed E-state index contributed by atoms with van der Waals surface area (Å²) in [5, 5.41) is 11.2. The molecule has 4 nitrogen and oxygen atoms in total. The largest absolute Gasteiger partial charge is 0.476 e. The molecule has 0 amide bonds. The smallest absolute Gasteiger partial charge is 0.355 e. The Morgan fingerprint density at radius 3 is 2.88 bits per heavy atom. The lowest BCUT2D eigenvalue weighted by atomic mass is 10.2. The Bertz CT molecular complexity index is 354. The van der Waals surface area contributed by atoms with Gasteiger partial charge in [-0.25, -0.2) is 9.78 Å². The van der Waals surface area contributed by atoms with Gasteiger partial charge in [0.2, 0.25) is 0 Å². The number of thiazole rings is 1. The zero-order valence-corrected chi connectivity index (χ0v) is 11.3. The number of aromatic nitrogens is 1. The van der Waals surface area contributed by atoms with E-state index in [9.17, 15) is 4.79 Å². The van der Waals surface area contributed by atoms with E-state index < -0.39 is 5.97 Å². The van der Waals surface area contributed by atoms with Gasteiger partial charge in [0.25, 0.3) is 0 Å². The number of nitrogens with zero attached hydrogens (tertiary/aromatic N) is 2. The van der Waals surface area contributed by atoms with Crippen molar-refractivity contribution in [2.45, 2.75) is 19.4 Å². The fourth-order valence-corrected chi connectivity index (χ4v) is 3.06. The molecule has 90 valence electrons. The monoisotopic (exact) mass is 260 g/mol. The minimum absolute atomic E-state index is 0.130. The normalized spacial score (nSPS) is 12.4.